The lowest BCUT2D eigenvalue weighted by molar-refractivity contribution is -0.176. The number of nitrogens with one attached hydrogen (secondary N) is 2. The number of piperidine rings is 1. The second-order valence-electron chi connectivity index (χ2n) is 11.3. The van der Waals surface area contributed by atoms with Crippen LogP contribution < -0.4 is 10.6 Å². The Bertz CT molecular complexity index is 1120. The molecule has 3 amide bonds. The SMILES string of the molecule is CC(C#N)(NC(=O)C1C2C(CN1C(=O)C(NC(=O)C(F)(F)F)C(C)(C)C)C2(C)C)c1cncc(F)c1. The second-order valence-corrected chi connectivity index (χ2v) is 11.3. The number of nitrogens with zero attached hydrogens (tertiary/aromatic N) is 3. The van der Waals surface area contributed by atoms with Crippen LogP contribution in [0.15, 0.2) is 18.5 Å². The quantitative estimate of drug-likeness (QED) is 0.590. The highest BCUT2D eigenvalue weighted by Crippen LogP contribution is 2.65. The van der Waals surface area contributed by atoms with Crippen LogP contribution in [0.25, 0.3) is 0 Å². The number of carbonyl (C=O) groups is 3. The molecule has 8 nitrogen and oxygen atoms in total. The van der Waals surface area contributed by atoms with Gasteiger partial charge in [0.25, 0.3) is 0 Å². The molecule has 196 valence electrons. The van der Waals surface area contributed by atoms with Crippen molar-refractivity contribution in [3.8, 4) is 6.07 Å². The predicted octanol–water partition coefficient (Wildman–Crippen LogP) is 2.65. The number of hydrogen-bond donors (Lipinski definition) is 2. The monoisotopic (exact) mass is 511 g/mol. The largest absolute Gasteiger partial charge is 0.471 e. The molecule has 5 unspecified atom stereocenters. The summed E-state index contributed by atoms with van der Waals surface area (Å²) in [5, 5.41) is 14.2. The molecule has 2 fully saturated rings. The van der Waals surface area contributed by atoms with Gasteiger partial charge in [0, 0.05) is 18.3 Å². The van der Waals surface area contributed by atoms with Crippen molar-refractivity contribution in [2.24, 2.45) is 22.7 Å². The minimum absolute atomic E-state index is 0.0887. The molecule has 3 rings (SSSR count). The number of likely N-dealkylation sites (tertiary alicyclic amines) is 1. The molecule has 0 radical (unpaired) electrons. The van der Waals surface area contributed by atoms with Crippen LogP contribution in [0.1, 0.15) is 47.1 Å². The Morgan fingerprint density at radius 1 is 1.19 bits per heavy atom. The predicted molar refractivity (Wildman–Crippen MR) is 119 cm³/mol. The molecule has 12 heteroatoms. The number of amides is 3. The van der Waals surface area contributed by atoms with E-state index in [4.69, 9.17) is 0 Å². The van der Waals surface area contributed by atoms with Crippen molar-refractivity contribution >= 4 is 17.7 Å². The van der Waals surface area contributed by atoms with Crippen molar-refractivity contribution in [1.29, 1.82) is 5.26 Å². The van der Waals surface area contributed by atoms with Crippen molar-refractivity contribution in [2.45, 2.75) is 65.3 Å². The van der Waals surface area contributed by atoms with Gasteiger partial charge >= 0.3 is 12.1 Å². The van der Waals surface area contributed by atoms with Gasteiger partial charge in [-0.15, -0.1) is 0 Å². The average Bonchev–Trinajstić information content (AvgIpc) is 3.09. The number of aromatic nitrogens is 1. The van der Waals surface area contributed by atoms with Gasteiger partial charge in [0.1, 0.15) is 17.9 Å². The van der Waals surface area contributed by atoms with Gasteiger partial charge in [-0.05, 0) is 35.7 Å². The summed E-state index contributed by atoms with van der Waals surface area (Å²) >= 11 is 0. The Morgan fingerprint density at radius 3 is 2.31 bits per heavy atom. The number of fused-ring (bicyclic) bond motifs is 1. The number of pyridine rings is 1. The van der Waals surface area contributed by atoms with E-state index in [1.807, 2.05) is 19.9 Å². The summed E-state index contributed by atoms with van der Waals surface area (Å²) in [6.07, 6.45) is -3.01. The second kappa shape index (κ2) is 8.71. The Hall–Kier alpha value is -3.23. The van der Waals surface area contributed by atoms with E-state index in [-0.39, 0.29) is 29.4 Å². The highest BCUT2D eigenvalue weighted by atomic mass is 19.4. The molecule has 1 aliphatic carbocycles. The molecule has 1 aromatic rings. The van der Waals surface area contributed by atoms with E-state index in [1.165, 1.54) is 38.8 Å². The van der Waals surface area contributed by atoms with Crippen LogP contribution in [-0.2, 0) is 19.9 Å². The third-order valence-corrected chi connectivity index (χ3v) is 7.29. The topological polar surface area (TPSA) is 115 Å². The van der Waals surface area contributed by atoms with Gasteiger partial charge in [0.05, 0.1) is 12.3 Å². The van der Waals surface area contributed by atoms with Crippen molar-refractivity contribution in [2.75, 3.05) is 6.54 Å². The molecule has 36 heavy (non-hydrogen) atoms. The lowest BCUT2D eigenvalue weighted by Gasteiger charge is -2.38. The van der Waals surface area contributed by atoms with Crippen molar-refractivity contribution in [3.63, 3.8) is 0 Å². The minimum atomic E-state index is -5.19. The molecule has 2 N–H and O–H groups in total. The summed E-state index contributed by atoms with van der Waals surface area (Å²) in [6, 6.07) is 0.335. The van der Waals surface area contributed by atoms with Gasteiger partial charge in [-0.3, -0.25) is 19.4 Å². The van der Waals surface area contributed by atoms with Crippen molar-refractivity contribution in [1.82, 2.24) is 20.5 Å². The van der Waals surface area contributed by atoms with Crippen LogP contribution in [0.4, 0.5) is 17.6 Å². The number of halogens is 4. The molecule has 0 spiro atoms. The fourth-order valence-corrected chi connectivity index (χ4v) is 5.01. The molecule has 1 saturated carbocycles. The molecule has 1 aliphatic heterocycles. The van der Waals surface area contributed by atoms with E-state index in [1.54, 1.807) is 5.32 Å². The van der Waals surface area contributed by atoms with Gasteiger partial charge in [-0.25, -0.2) is 4.39 Å². The molecule has 1 aromatic heterocycles. The van der Waals surface area contributed by atoms with Gasteiger partial charge < -0.3 is 15.5 Å². The molecular weight excluding hydrogens is 482 g/mol. The molecule has 0 bridgehead atoms. The van der Waals surface area contributed by atoms with Crippen LogP contribution in [0.3, 0.4) is 0 Å². The summed E-state index contributed by atoms with van der Waals surface area (Å²) in [7, 11) is 0. The van der Waals surface area contributed by atoms with Crippen LogP contribution >= 0.6 is 0 Å². The van der Waals surface area contributed by atoms with Gasteiger partial charge in [0.2, 0.25) is 11.8 Å². The smallest absolute Gasteiger partial charge is 0.336 e. The summed E-state index contributed by atoms with van der Waals surface area (Å²) < 4.78 is 52.6. The van der Waals surface area contributed by atoms with Gasteiger partial charge in [-0.1, -0.05) is 34.6 Å². The first-order valence-electron chi connectivity index (χ1n) is 11.4. The maximum absolute atomic E-state index is 13.7. The Labute approximate surface area is 206 Å². The summed E-state index contributed by atoms with van der Waals surface area (Å²) in [5.74, 6) is -4.90. The van der Waals surface area contributed by atoms with Crippen molar-refractivity contribution < 1.29 is 31.9 Å². The average molecular weight is 512 g/mol. The standard InChI is InChI=1S/C24H29F4N5O3/c1-21(2,3)17(31-20(36)24(26,27)28)19(35)33-10-14-15(22(14,4)5)16(33)18(34)32-23(6,11-29)12-7-13(25)9-30-8-12/h7-9,14-17H,10H2,1-6H3,(H,31,36)(H,32,34). The summed E-state index contributed by atoms with van der Waals surface area (Å²) in [5.41, 5.74) is -3.03. The highest BCUT2D eigenvalue weighted by Gasteiger charge is 2.70. The van der Waals surface area contributed by atoms with E-state index in [0.29, 0.717) is 0 Å². The van der Waals surface area contributed by atoms with Crippen LogP contribution in [0.5, 0.6) is 0 Å². The van der Waals surface area contributed by atoms with E-state index in [0.717, 1.165) is 12.3 Å². The normalized spacial score (nSPS) is 25.1. The van der Waals surface area contributed by atoms with E-state index >= 15 is 0 Å². The van der Waals surface area contributed by atoms with E-state index in [9.17, 15) is 37.2 Å². The van der Waals surface area contributed by atoms with Gasteiger partial charge in [0.15, 0.2) is 5.54 Å². The Balaban J connectivity index is 1.93. The molecule has 2 aliphatic rings. The highest BCUT2D eigenvalue weighted by molar-refractivity contribution is 5.95. The first kappa shape index (κ1) is 27.4. The minimum Gasteiger partial charge on any atom is -0.336 e. The Kier molecular flexibility index (Phi) is 6.62. The van der Waals surface area contributed by atoms with Crippen molar-refractivity contribution in [3.05, 3.63) is 29.8 Å². The first-order valence-corrected chi connectivity index (χ1v) is 11.4. The fraction of sp³-hybridized carbons (Fsp3) is 0.625. The zero-order valence-electron chi connectivity index (χ0n) is 20.8. The molecule has 5 atom stereocenters. The van der Waals surface area contributed by atoms with Crippen LogP contribution in [-0.4, -0.2) is 52.4 Å². The van der Waals surface area contributed by atoms with Crippen LogP contribution in [0.2, 0.25) is 0 Å². The van der Waals surface area contributed by atoms with Gasteiger partial charge in [-0.2, -0.15) is 18.4 Å². The number of alkyl halides is 3. The zero-order chi connectivity index (χ0) is 27.4. The molecular formula is C24H29F4N5O3. The van der Waals surface area contributed by atoms with E-state index < -0.39 is 52.8 Å². The summed E-state index contributed by atoms with van der Waals surface area (Å²) in [6.45, 7) is 9.81. The maximum Gasteiger partial charge on any atom is 0.471 e. The third kappa shape index (κ3) is 4.88. The summed E-state index contributed by atoms with van der Waals surface area (Å²) in [4.78, 5) is 43.7. The molecule has 0 aromatic carbocycles. The Morgan fingerprint density at radius 2 is 1.81 bits per heavy atom. The van der Waals surface area contributed by atoms with Crippen LogP contribution in [0, 0.1) is 39.8 Å². The maximum atomic E-state index is 13.7. The van der Waals surface area contributed by atoms with E-state index in [2.05, 4.69) is 10.3 Å². The third-order valence-electron chi connectivity index (χ3n) is 7.29. The number of nitriles is 1. The number of rotatable bonds is 5. The lowest BCUT2D eigenvalue weighted by atomic mass is 9.85. The molecule has 2 heterocycles. The molecule has 1 saturated heterocycles. The fourth-order valence-electron chi connectivity index (χ4n) is 5.01. The first-order chi connectivity index (χ1) is 16.3. The number of carbonyl (C=O) groups excluding carboxylic acids is 3. The lowest BCUT2D eigenvalue weighted by Crippen LogP contribution is -2.61. The zero-order valence-corrected chi connectivity index (χ0v) is 20.8. The number of hydrogen-bond acceptors (Lipinski definition) is 5.